The first-order chi connectivity index (χ1) is 12.7. The van der Waals surface area contributed by atoms with Gasteiger partial charge < -0.3 is 15.5 Å². The van der Waals surface area contributed by atoms with Crippen LogP contribution in [0.1, 0.15) is 12.0 Å². The molecule has 0 aliphatic carbocycles. The number of hydrogen-bond donors (Lipinski definition) is 2. The Morgan fingerprint density at radius 1 is 1.19 bits per heavy atom. The molecule has 1 unspecified atom stereocenters. The van der Waals surface area contributed by atoms with Crippen molar-refractivity contribution >= 4 is 51.6 Å². The van der Waals surface area contributed by atoms with Gasteiger partial charge in [-0.3, -0.25) is 4.99 Å². The number of rotatable bonds is 5. The second-order valence-electron chi connectivity index (χ2n) is 6.48. The average molecular weight is 547 g/mol. The van der Waals surface area contributed by atoms with Crippen molar-refractivity contribution < 1.29 is 4.39 Å². The zero-order valence-corrected chi connectivity index (χ0v) is 19.2. The first-order valence-electron chi connectivity index (χ1n) is 8.84. The minimum Gasteiger partial charge on any atom is -0.371 e. The third kappa shape index (κ3) is 6.34. The summed E-state index contributed by atoms with van der Waals surface area (Å²) in [5, 5.41) is 6.54. The highest BCUT2D eigenvalue weighted by atomic mass is 127. The summed E-state index contributed by atoms with van der Waals surface area (Å²) in [4.78, 5) is 6.64. The summed E-state index contributed by atoms with van der Waals surface area (Å²) >= 11 is 3.48. The molecule has 1 atom stereocenters. The molecular weight excluding hydrogens is 522 g/mol. The predicted molar refractivity (Wildman–Crippen MR) is 124 cm³/mol. The van der Waals surface area contributed by atoms with Crippen LogP contribution in [-0.4, -0.2) is 32.6 Å². The molecule has 0 saturated carbocycles. The number of aliphatic imine (C=N–C) groups is 1. The molecule has 2 aromatic carbocycles. The van der Waals surface area contributed by atoms with Gasteiger partial charge in [0.05, 0.1) is 0 Å². The molecule has 1 fully saturated rings. The zero-order valence-electron chi connectivity index (χ0n) is 15.3. The van der Waals surface area contributed by atoms with Gasteiger partial charge in [-0.1, -0.05) is 34.1 Å². The smallest absolute Gasteiger partial charge is 0.191 e. The Hall–Kier alpha value is -1.35. The lowest BCUT2D eigenvalue weighted by Gasteiger charge is -2.19. The van der Waals surface area contributed by atoms with Gasteiger partial charge in [0, 0.05) is 49.0 Å². The van der Waals surface area contributed by atoms with Crippen molar-refractivity contribution in [1.82, 2.24) is 10.6 Å². The minimum atomic E-state index is -0.198. The molecule has 2 aromatic rings. The van der Waals surface area contributed by atoms with Crippen LogP contribution in [0, 0.1) is 11.7 Å². The monoisotopic (exact) mass is 546 g/mol. The van der Waals surface area contributed by atoms with Gasteiger partial charge in [-0.15, -0.1) is 24.0 Å². The maximum absolute atomic E-state index is 13.7. The molecule has 0 amide bonds. The Kier molecular flexibility index (Phi) is 8.82. The molecule has 0 aromatic heterocycles. The number of nitrogens with zero attached hydrogens (tertiary/aromatic N) is 2. The van der Waals surface area contributed by atoms with Crippen LogP contribution in [0.2, 0.25) is 0 Å². The van der Waals surface area contributed by atoms with Crippen LogP contribution < -0.4 is 15.5 Å². The summed E-state index contributed by atoms with van der Waals surface area (Å²) < 4.78 is 14.8. The van der Waals surface area contributed by atoms with Gasteiger partial charge >= 0.3 is 0 Å². The summed E-state index contributed by atoms with van der Waals surface area (Å²) in [7, 11) is 1.74. The molecule has 27 heavy (non-hydrogen) atoms. The van der Waals surface area contributed by atoms with Crippen LogP contribution in [0.15, 0.2) is 58.0 Å². The lowest BCUT2D eigenvalue weighted by atomic mass is 10.1. The van der Waals surface area contributed by atoms with Gasteiger partial charge in [-0.25, -0.2) is 4.39 Å². The van der Waals surface area contributed by atoms with Crippen molar-refractivity contribution in [2.75, 3.05) is 31.6 Å². The Labute approximate surface area is 185 Å². The van der Waals surface area contributed by atoms with E-state index in [0.29, 0.717) is 24.0 Å². The SMILES string of the molecule is CN=C(NCc1ccccc1F)NCC1CCN(c2ccc(Br)cc2)C1.I. The Morgan fingerprint density at radius 2 is 1.93 bits per heavy atom. The number of benzene rings is 2. The van der Waals surface area contributed by atoms with Gasteiger partial charge in [-0.05, 0) is 42.7 Å². The molecule has 7 heteroatoms. The third-order valence-electron chi connectivity index (χ3n) is 4.66. The Bertz CT molecular complexity index is 754. The van der Waals surface area contributed by atoms with Crippen LogP contribution in [0.4, 0.5) is 10.1 Å². The summed E-state index contributed by atoms with van der Waals surface area (Å²) in [6.07, 6.45) is 1.15. The van der Waals surface area contributed by atoms with E-state index in [1.165, 1.54) is 11.8 Å². The Morgan fingerprint density at radius 3 is 2.63 bits per heavy atom. The highest BCUT2D eigenvalue weighted by molar-refractivity contribution is 14.0. The van der Waals surface area contributed by atoms with E-state index in [4.69, 9.17) is 0 Å². The molecular formula is C20H25BrFIN4. The van der Waals surface area contributed by atoms with E-state index in [2.05, 4.69) is 60.7 Å². The number of halogens is 3. The normalized spacial score (nSPS) is 16.8. The van der Waals surface area contributed by atoms with Crippen molar-refractivity contribution in [2.45, 2.75) is 13.0 Å². The lowest BCUT2D eigenvalue weighted by Crippen LogP contribution is -2.40. The van der Waals surface area contributed by atoms with Gasteiger partial charge in [0.2, 0.25) is 0 Å². The maximum Gasteiger partial charge on any atom is 0.191 e. The second-order valence-corrected chi connectivity index (χ2v) is 7.39. The molecule has 1 aliphatic heterocycles. The summed E-state index contributed by atoms with van der Waals surface area (Å²) in [6.45, 7) is 3.36. The molecule has 0 radical (unpaired) electrons. The number of hydrogen-bond acceptors (Lipinski definition) is 2. The highest BCUT2D eigenvalue weighted by Crippen LogP contribution is 2.24. The molecule has 1 heterocycles. The van der Waals surface area contributed by atoms with Gasteiger partial charge in [0.1, 0.15) is 5.82 Å². The fourth-order valence-corrected chi connectivity index (χ4v) is 3.43. The minimum absolute atomic E-state index is 0. The number of anilines is 1. The maximum atomic E-state index is 13.7. The molecule has 4 nitrogen and oxygen atoms in total. The fraction of sp³-hybridized carbons (Fsp3) is 0.350. The number of nitrogens with one attached hydrogen (secondary N) is 2. The van der Waals surface area contributed by atoms with E-state index < -0.39 is 0 Å². The summed E-state index contributed by atoms with van der Waals surface area (Å²) in [5.41, 5.74) is 1.90. The van der Waals surface area contributed by atoms with Crippen LogP contribution in [0.3, 0.4) is 0 Å². The topological polar surface area (TPSA) is 39.7 Å². The summed E-state index contributed by atoms with van der Waals surface area (Å²) in [6, 6.07) is 15.2. The third-order valence-corrected chi connectivity index (χ3v) is 5.19. The fourth-order valence-electron chi connectivity index (χ4n) is 3.17. The van der Waals surface area contributed by atoms with E-state index in [-0.39, 0.29) is 29.8 Å². The van der Waals surface area contributed by atoms with Crippen LogP contribution in [0.5, 0.6) is 0 Å². The van der Waals surface area contributed by atoms with Crippen molar-refractivity contribution in [3.05, 3.63) is 64.4 Å². The second kappa shape index (κ2) is 10.8. The van der Waals surface area contributed by atoms with Crippen LogP contribution in [0.25, 0.3) is 0 Å². The van der Waals surface area contributed by atoms with Gasteiger partial charge in [-0.2, -0.15) is 0 Å². The van der Waals surface area contributed by atoms with Gasteiger partial charge in [0.15, 0.2) is 5.96 Å². The van der Waals surface area contributed by atoms with Crippen molar-refractivity contribution in [3.8, 4) is 0 Å². The largest absolute Gasteiger partial charge is 0.371 e. The van der Waals surface area contributed by atoms with Crippen LogP contribution in [-0.2, 0) is 6.54 Å². The molecule has 3 rings (SSSR count). The molecule has 146 valence electrons. The lowest BCUT2D eigenvalue weighted by molar-refractivity contribution is 0.563. The number of guanidine groups is 1. The molecule has 0 bridgehead atoms. The van der Waals surface area contributed by atoms with E-state index >= 15 is 0 Å². The molecule has 0 spiro atoms. The first-order valence-corrected chi connectivity index (χ1v) is 9.63. The van der Waals surface area contributed by atoms with E-state index in [1.807, 2.05) is 6.07 Å². The van der Waals surface area contributed by atoms with Crippen molar-refractivity contribution in [2.24, 2.45) is 10.9 Å². The van der Waals surface area contributed by atoms with Crippen molar-refractivity contribution in [1.29, 1.82) is 0 Å². The molecule has 1 saturated heterocycles. The summed E-state index contributed by atoms with van der Waals surface area (Å²) in [5.74, 6) is 1.07. The first kappa shape index (κ1) is 21.9. The van der Waals surface area contributed by atoms with Gasteiger partial charge in [0.25, 0.3) is 0 Å². The van der Waals surface area contributed by atoms with Crippen molar-refractivity contribution in [3.63, 3.8) is 0 Å². The predicted octanol–water partition coefficient (Wildman–Crippen LogP) is 4.40. The molecule has 2 N–H and O–H groups in total. The van der Waals surface area contributed by atoms with Crippen LogP contribution >= 0.6 is 39.9 Å². The van der Waals surface area contributed by atoms with E-state index in [0.717, 1.165) is 30.5 Å². The Balaban J connectivity index is 0.00000261. The molecule has 1 aliphatic rings. The average Bonchev–Trinajstić information content (AvgIpc) is 3.13. The zero-order chi connectivity index (χ0) is 18.4. The highest BCUT2D eigenvalue weighted by Gasteiger charge is 2.22. The van der Waals surface area contributed by atoms with E-state index in [1.54, 1.807) is 19.2 Å². The van der Waals surface area contributed by atoms with E-state index in [9.17, 15) is 4.39 Å². The standard InChI is InChI=1S/C20H24BrFN4.HI/c1-23-20(25-13-16-4-2-3-5-19(16)22)24-12-15-10-11-26(14-15)18-8-6-17(21)7-9-18;/h2-9,15H,10-14H2,1H3,(H2,23,24,25);1H. The quantitative estimate of drug-likeness (QED) is 0.332.